The Labute approximate surface area is 185 Å². The van der Waals surface area contributed by atoms with Crippen LogP contribution in [-0.4, -0.2) is 12.6 Å². The predicted molar refractivity (Wildman–Crippen MR) is 115 cm³/mol. The Bertz CT molecular complexity index is 1030. The number of hydrogen-bond donors (Lipinski definition) is 0. The molecule has 0 aromatic heterocycles. The minimum absolute atomic E-state index is 0.267. The first-order valence-corrected chi connectivity index (χ1v) is 10.1. The number of benzene rings is 3. The normalized spacial score (nSPS) is 10.1. The van der Waals surface area contributed by atoms with Crippen molar-refractivity contribution >= 4 is 37.8 Å². The lowest BCUT2D eigenvalue weighted by Crippen LogP contribution is -2.18. The second-order valence-electron chi connectivity index (χ2n) is 6.03. The molecule has 0 aliphatic rings. The maximum atomic E-state index is 12.1. The molecule has 0 aliphatic heterocycles. The van der Waals surface area contributed by atoms with E-state index in [9.17, 15) is 4.79 Å². The highest BCUT2D eigenvalue weighted by Crippen LogP contribution is 2.34. The Kier molecular flexibility index (Phi) is 6.91. The molecule has 0 N–H and O–H groups in total. The molecule has 0 amide bonds. The summed E-state index contributed by atoms with van der Waals surface area (Å²) in [5.41, 5.74) is 1.60. The zero-order valence-electron chi connectivity index (χ0n) is 15.3. The Morgan fingerprint density at radius 2 is 1.45 bits per heavy atom. The van der Waals surface area contributed by atoms with Crippen molar-refractivity contribution in [2.24, 2.45) is 0 Å². The smallest absolute Gasteiger partial charge is 0.349 e. The molecule has 29 heavy (non-hydrogen) atoms. The molecule has 0 saturated carbocycles. The molecular formula is C22H15Br2NO4. The van der Waals surface area contributed by atoms with E-state index < -0.39 is 5.97 Å². The standard InChI is InChI=1S/C22H15Br2NO4/c1-14-2-4-17(5-3-14)28-18-8-6-16(7-9-18)27-13-21(26)29-22-19(23)10-15(12-25)11-20(22)24/h2-11H,13H2,1H3. The molecule has 0 bridgehead atoms. The van der Waals surface area contributed by atoms with Gasteiger partial charge in [0.2, 0.25) is 0 Å². The van der Waals surface area contributed by atoms with Gasteiger partial charge in [0.05, 0.1) is 20.6 Å². The van der Waals surface area contributed by atoms with Crippen molar-refractivity contribution < 1.29 is 19.0 Å². The largest absolute Gasteiger partial charge is 0.482 e. The molecule has 0 unspecified atom stereocenters. The monoisotopic (exact) mass is 515 g/mol. The Morgan fingerprint density at radius 3 is 2.00 bits per heavy atom. The fourth-order valence-corrected chi connectivity index (χ4v) is 3.70. The van der Waals surface area contributed by atoms with Crippen LogP contribution in [0.4, 0.5) is 0 Å². The first kappa shape index (κ1) is 20.9. The van der Waals surface area contributed by atoms with E-state index in [-0.39, 0.29) is 6.61 Å². The van der Waals surface area contributed by atoms with Crippen molar-refractivity contribution in [3.8, 4) is 29.1 Å². The summed E-state index contributed by atoms with van der Waals surface area (Å²) < 4.78 is 17.5. The van der Waals surface area contributed by atoms with Crippen molar-refractivity contribution in [3.05, 3.63) is 80.7 Å². The molecule has 0 aliphatic carbocycles. The quantitative estimate of drug-likeness (QED) is 0.289. The zero-order valence-corrected chi connectivity index (χ0v) is 18.5. The molecule has 3 rings (SSSR count). The molecule has 7 heteroatoms. The zero-order chi connectivity index (χ0) is 20.8. The van der Waals surface area contributed by atoms with Crippen LogP contribution in [0.25, 0.3) is 0 Å². The van der Waals surface area contributed by atoms with Gasteiger partial charge in [0.25, 0.3) is 0 Å². The number of nitrogens with zero attached hydrogens (tertiary/aromatic N) is 1. The van der Waals surface area contributed by atoms with Gasteiger partial charge in [-0.25, -0.2) is 4.79 Å². The number of carbonyl (C=O) groups is 1. The lowest BCUT2D eigenvalue weighted by atomic mass is 10.2. The van der Waals surface area contributed by atoms with Crippen LogP contribution in [0.3, 0.4) is 0 Å². The van der Waals surface area contributed by atoms with Crippen LogP contribution in [-0.2, 0) is 4.79 Å². The number of carbonyl (C=O) groups excluding carboxylic acids is 1. The average Bonchev–Trinajstić information content (AvgIpc) is 2.71. The molecule has 5 nitrogen and oxygen atoms in total. The van der Waals surface area contributed by atoms with Gasteiger partial charge in [0.1, 0.15) is 17.2 Å². The summed E-state index contributed by atoms with van der Waals surface area (Å²) in [6, 6.07) is 19.9. The average molecular weight is 517 g/mol. The summed E-state index contributed by atoms with van der Waals surface area (Å²) in [6.45, 7) is 1.75. The van der Waals surface area contributed by atoms with Crippen LogP contribution < -0.4 is 14.2 Å². The summed E-state index contributed by atoms with van der Waals surface area (Å²) in [7, 11) is 0. The van der Waals surface area contributed by atoms with Crippen LogP contribution >= 0.6 is 31.9 Å². The second kappa shape index (κ2) is 9.59. The van der Waals surface area contributed by atoms with Gasteiger partial charge < -0.3 is 14.2 Å². The summed E-state index contributed by atoms with van der Waals surface area (Å²) in [5, 5.41) is 8.95. The Balaban J connectivity index is 1.55. The molecule has 0 fully saturated rings. The third-order valence-electron chi connectivity index (χ3n) is 3.78. The topological polar surface area (TPSA) is 68.6 Å². The molecule has 146 valence electrons. The van der Waals surface area contributed by atoms with Gasteiger partial charge in [-0.2, -0.15) is 5.26 Å². The second-order valence-corrected chi connectivity index (χ2v) is 7.74. The first-order chi connectivity index (χ1) is 13.9. The number of rotatable bonds is 6. The molecule has 3 aromatic rings. The third-order valence-corrected chi connectivity index (χ3v) is 4.96. The summed E-state index contributed by atoms with van der Waals surface area (Å²) >= 11 is 6.58. The first-order valence-electron chi connectivity index (χ1n) is 8.52. The minimum atomic E-state index is -0.573. The van der Waals surface area contributed by atoms with Gasteiger partial charge in [-0.3, -0.25) is 0 Å². The van der Waals surface area contributed by atoms with Gasteiger partial charge >= 0.3 is 5.97 Å². The molecular weight excluding hydrogens is 502 g/mol. The minimum Gasteiger partial charge on any atom is -0.482 e. The van der Waals surface area contributed by atoms with Crippen LogP contribution in [0.15, 0.2) is 69.6 Å². The van der Waals surface area contributed by atoms with Crippen molar-refractivity contribution in [1.29, 1.82) is 5.26 Å². The maximum Gasteiger partial charge on any atom is 0.349 e. The molecule has 3 aromatic carbocycles. The van der Waals surface area contributed by atoms with Crippen molar-refractivity contribution in [2.45, 2.75) is 6.92 Å². The van der Waals surface area contributed by atoms with E-state index in [0.29, 0.717) is 31.8 Å². The van der Waals surface area contributed by atoms with E-state index >= 15 is 0 Å². The summed E-state index contributed by atoms with van der Waals surface area (Å²) in [6.07, 6.45) is 0. The third kappa shape index (κ3) is 5.83. The maximum absolute atomic E-state index is 12.1. The molecule has 0 spiro atoms. The Morgan fingerprint density at radius 1 is 0.931 bits per heavy atom. The van der Waals surface area contributed by atoms with Crippen LogP contribution in [0.5, 0.6) is 23.0 Å². The SMILES string of the molecule is Cc1ccc(Oc2ccc(OCC(=O)Oc3c(Br)cc(C#N)cc3Br)cc2)cc1. The summed E-state index contributed by atoms with van der Waals surface area (Å²) in [5.74, 6) is 1.63. The number of ether oxygens (including phenoxy) is 3. The molecule has 0 heterocycles. The summed E-state index contributed by atoms with van der Waals surface area (Å²) in [4.78, 5) is 12.1. The molecule has 0 saturated heterocycles. The van der Waals surface area contributed by atoms with E-state index in [0.717, 1.165) is 11.3 Å². The van der Waals surface area contributed by atoms with E-state index in [2.05, 4.69) is 31.9 Å². The van der Waals surface area contributed by atoms with Gasteiger partial charge in [0.15, 0.2) is 12.4 Å². The van der Waals surface area contributed by atoms with Crippen LogP contribution in [0.2, 0.25) is 0 Å². The van der Waals surface area contributed by atoms with E-state index in [1.165, 1.54) is 0 Å². The van der Waals surface area contributed by atoms with Crippen LogP contribution in [0, 0.1) is 18.3 Å². The van der Waals surface area contributed by atoms with Crippen LogP contribution in [0.1, 0.15) is 11.1 Å². The lowest BCUT2D eigenvalue weighted by Gasteiger charge is -2.11. The number of nitriles is 1. The number of hydrogen-bond acceptors (Lipinski definition) is 5. The van der Waals surface area contributed by atoms with Gasteiger partial charge in [-0.05, 0) is 87.3 Å². The van der Waals surface area contributed by atoms with Crippen molar-refractivity contribution in [3.63, 3.8) is 0 Å². The van der Waals surface area contributed by atoms with Gasteiger partial charge in [-0.1, -0.05) is 17.7 Å². The highest BCUT2D eigenvalue weighted by molar-refractivity contribution is 9.11. The lowest BCUT2D eigenvalue weighted by molar-refractivity contribution is -0.136. The Hall–Kier alpha value is -2.82. The predicted octanol–water partition coefficient (Wildman–Crippen LogP) is 6.17. The van der Waals surface area contributed by atoms with E-state index in [1.807, 2.05) is 37.3 Å². The van der Waals surface area contributed by atoms with Gasteiger partial charge in [-0.15, -0.1) is 0 Å². The highest BCUT2D eigenvalue weighted by atomic mass is 79.9. The van der Waals surface area contributed by atoms with Gasteiger partial charge in [0, 0.05) is 0 Å². The molecule has 0 atom stereocenters. The highest BCUT2D eigenvalue weighted by Gasteiger charge is 2.14. The number of aryl methyl sites for hydroxylation is 1. The molecule has 0 radical (unpaired) electrons. The van der Waals surface area contributed by atoms with E-state index in [4.69, 9.17) is 19.5 Å². The fraction of sp³-hybridized carbons (Fsp3) is 0.0909. The number of halogens is 2. The van der Waals surface area contributed by atoms with Crippen molar-refractivity contribution in [1.82, 2.24) is 0 Å². The van der Waals surface area contributed by atoms with Crippen molar-refractivity contribution in [2.75, 3.05) is 6.61 Å². The number of esters is 1. The van der Waals surface area contributed by atoms with E-state index in [1.54, 1.807) is 36.4 Å². The fourth-order valence-electron chi connectivity index (χ4n) is 2.35.